The van der Waals surface area contributed by atoms with Gasteiger partial charge in [-0.3, -0.25) is 4.68 Å². The normalized spacial score (nSPS) is 19.4. The van der Waals surface area contributed by atoms with Gasteiger partial charge in [-0.1, -0.05) is 19.8 Å². The van der Waals surface area contributed by atoms with Crippen LogP contribution in [0.4, 0.5) is 0 Å². The second-order valence-corrected chi connectivity index (χ2v) is 7.19. The van der Waals surface area contributed by atoms with E-state index in [4.69, 9.17) is 10.8 Å². The Morgan fingerprint density at radius 3 is 2.43 bits per heavy atom. The Bertz CT molecular complexity index is 475. The molecule has 0 bridgehead atoms. The van der Waals surface area contributed by atoms with Crippen LogP contribution in [-0.4, -0.2) is 40.4 Å². The van der Waals surface area contributed by atoms with Gasteiger partial charge in [-0.25, -0.2) is 0 Å². The molecule has 1 aromatic rings. The van der Waals surface area contributed by atoms with E-state index in [9.17, 15) is 0 Å². The minimum Gasteiger partial charge on any atom is -0.326 e. The first-order valence-electron chi connectivity index (χ1n) is 8.13. The molecule has 1 saturated carbocycles. The van der Waals surface area contributed by atoms with Crippen molar-refractivity contribution in [3.63, 3.8) is 0 Å². The van der Waals surface area contributed by atoms with Gasteiger partial charge in [0.2, 0.25) is 0 Å². The van der Waals surface area contributed by atoms with E-state index < -0.39 is 0 Å². The first-order chi connectivity index (χ1) is 9.96. The van der Waals surface area contributed by atoms with E-state index in [1.165, 1.54) is 31.4 Å². The first-order valence-corrected chi connectivity index (χ1v) is 8.92. The molecule has 0 radical (unpaired) electrons. The highest BCUT2D eigenvalue weighted by Gasteiger charge is 2.42. The Hall–Kier alpha value is -0.390. The summed E-state index contributed by atoms with van der Waals surface area (Å²) in [5, 5.41) is 4.69. The quantitative estimate of drug-likeness (QED) is 0.852. The average Bonchev–Trinajstić information content (AvgIpc) is 3.06. The maximum atomic E-state index is 6.69. The van der Waals surface area contributed by atoms with Crippen LogP contribution in [-0.2, 0) is 19.4 Å². The Morgan fingerprint density at radius 1 is 1.33 bits per heavy atom. The summed E-state index contributed by atoms with van der Waals surface area (Å²) in [6.45, 7) is 5.19. The molecule has 21 heavy (non-hydrogen) atoms. The molecular weight excluding hydrogens is 328 g/mol. The number of rotatable bonds is 6. The molecule has 1 heterocycles. The number of aromatic nitrogens is 2. The van der Waals surface area contributed by atoms with Crippen LogP contribution in [0, 0.1) is 0 Å². The van der Waals surface area contributed by atoms with Gasteiger partial charge in [0.1, 0.15) is 0 Å². The van der Waals surface area contributed by atoms with Crippen LogP contribution in [0.2, 0.25) is 0 Å². The van der Waals surface area contributed by atoms with Crippen molar-refractivity contribution in [2.75, 3.05) is 14.1 Å². The van der Waals surface area contributed by atoms with E-state index in [0.29, 0.717) is 0 Å². The number of hydrogen-bond donors (Lipinski definition) is 1. The molecule has 5 heteroatoms. The van der Waals surface area contributed by atoms with Crippen molar-refractivity contribution in [1.82, 2.24) is 14.7 Å². The minimum atomic E-state index is 0.147. The SMILES string of the molecule is CCc1nn(CC)c(CC(N)C2(N(C)C)CCCC2)c1Br. The van der Waals surface area contributed by atoms with Crippen LogP contribution in [0.25, 0.3) is 0 Å². The van der Waals surface area contributed by atoms with E-state index in [1.54, 1.807) is 0 Å². The fourth-order valence-electron chi connectivity index (χ4n) is 3.75. The van der Waals surface area contributed by atoms with Crippen LogP contribution >= 0.6 is 15.9 Å². The summed E-state index contributed by atoms with van der Waals surface area (Å²) >= 11 is 3.74. The van der Waals surface area contributed by atoms with E-state index in [2.05, 4.69) is 53.5 Å². The molecule has 0 aromatic carbocycles. The predicted molar refractivity (Wildman–Crippen MR) is 91.5 cm³/mol. The monoisotopic (exact) mass is 356 g/mol. The summed E-state index contributed by atoms with van der Waals surface area (Å²) in [7, 11) is 4.35. The molecule has 1 unspecified atom stereocenters. The maximum Gasteiger partial charge on any atom is 0.0766 e. The van der Waals surface area contributed by atoms with Crippen LogP contribution in [0.15, 0.2) is 4.47 Å². The van der Waals surface area contributed by atoms with E-state index in [-0.39, 0.29) is 11.6 Å². The van der Waals surface area contributed by atoms with Gasteiger partial charge in [0.25, 0.3) is 0 Å². The Kier molecular flexibility index (Phi) is 5.49. The van der Waals surface area contributed by atoms with Gasteiger partial charge in [0, 0.05) is 24.5 Å². The van der Waals surface area contributed by atoms with Crippen molar-refractivity contribution >= 4 is 15.9 Å². The molecule has 1 fully saturated rings. The molecule has 2 N–H and O–H groups in total. The number of aryl methyl sites for hydroxylation is 2. The highest BCUT2D eigenvalue weighted by Crippen LogP contribution is 2.37. The standard InChI is InChI=1S/C16H29BrN4/c1-5-12-15(17)13(21(6-2)19-12)11-14(18)16(20(3)4)9-7-8-10-16/h14H,5-11,18H2,1-4H3. The lowest BCUT2D eigenvalue weighted by Gasteiger charge is -2.41. The van der Waals surface area contributed by atoms with Gasteiger partial charge in [0.15, 0.2) is 0 Å². The third kappa shape index (κ3) is 3.06. The van der Waals surface area contributed by atoms with Gasteiger partial charge in [-0.05, 0) is 56.2 Å². The molecule has 2 rings (SSSR count). The van der Waals surface area contributed by atoms with Crippen LogP contribution in [0.1, 0.15) is 50.9 Å². The lowest BCUT2D eigenvalue weighted by atomic mass is 9.84. The lowest BCUT2D eigenvalue weighted by molar-refractivity contribution is 0.122. The number of nitrogens with two attached hydrogens (primary N) is 1. The molecule has 1 atom stereocenters. The molecule has 120 valence electrons. The molecule has 0 aliphatic heterocycles. The second kappa shape index (κ2) is 6.80. The highest BCUT2D eigenvalue weighted by molar-refractivity contribution is 9.10. The summed E-state index contributed by atoms with van der Waals surface area (Å²) in [6.07, 6.45) is 6.84. The molecular formula is C16H29BrN4. The van der Waals surface area contributed by atoms with E-state index in [1.807, 2.05) is 0 Å². The smallest absolute Gasteiger partial charge is 0.0766 e. The second-order valence-electron chi connectivity index (χ2n) is 6.39. The van der Waals surface area contributed by atoms with E-state index >= 15 is 0 Å². The zero-order valence-corrected chi connectivity index (χ0v) is 15.4. The molecule has 1 aliphatic rings. The Morgan fingerprint density at radius 2 is 1.95 bits per heavy atom. The van der Waals surface area contributed by atoms with Crippen molar-refractivity contribution in [3.05, 3.63) is 15.9 Å². The molecule has 0 saturated heterocycles. The number of hydrogen-bond acceptors (Lipinski definition) is 3. The minimum absolute atomic E-state index is 0.147. The summed E-state index contributed by atoms with van der Waals surface area (Å²) in [6, 6.07) is 0.151. The molecule has 1 aliphatic carbocycles. The average molecular weight is 357 g/mol. The summed E-state index contributed by atoms with van der Waals surface area (Å²) in [4.78, 5) is 2.35. The number of nitrogens with zero attached hydrogens (tertiary/aromatic N) is 3. The fraction of sp³-hybridized carbons (Fsp3) is 0.812. The molecule has 4 nitrogen and oxygen atoms in total. The largest absolute Gasteiger partial charge is 0.326 e. The van der Waals surface area contributed by atoms with Crippen LogP contribution < -0.4 is 5.73 Å². The zero-order valence-electron chi connectivity index (χ0n) is 13.8. The highest BCUT2D eigenvalue weighted by atomic mass is 79.9. The molecule has 1 aromatic heterocycles. The van der Waals surface area contributed by atoms with Crippen molar-refractivity contribution in [3.8, 4) is 0 Å². The van der Waals surface area contributed by atoms with Gasteiger partial charge >= 0.3 is 0 Å². The first kappa shape index (κ1) is 17.0. The van der Waals surface area contributed by atoms with Crippen LogP contribution in [0.3, 0.4) is 0 Å². The predicted octanol–water partition coefficient (Wildman–Crippen LogP) is 2.97. The summed E-state index contributed by atoms with van der Waals surface area (Å²) < 4.78 is 3.27. The maximum absolute atomic E-state index is 6.69. The zero-order chi connectivity index (χ0) is 15.6. The number of likely N-dealkylation sites (N-methyl/N-ethyl adjacent to an activating group) is 1. The van der Waals surface area contributed by atoms with Crippen molar-refractivity contribution in [2.24, 2.45) is 5.73 Å². The van der Waals surface area contributed by atoms with Gasteiger partial charge in [-0.15, -0.1) is 0 Å². The van der Waals surface area contributed by atoms with E-state index in [0.717, 1.165) is 29.6 Å². The number of halogens is 1. The summed E-state index contributed by atoms with van der Waals surface area (Å²) in [5.74, 6) is 0. The Labute approximate surface area is 137 Å². The fourth-order valence-corrected chi connectivity index (χ4v) is 4.47. The van der Waals surface area contributed by atoms with Crippen LogP contribution in [0.5, 0.6) is 0 Å². The topological polar surface area (TPSA) is 47.1 Å². The third-order valence-electron chi connectivity index (χ3n) is 5.16. The van der Waals surface area contributed by atoms with Gasteiger partial charge in [-0.2, -0.15) is 5.10 Å². The third-order valence-corrected chi connectivity index (χ3v) is 6.07. The van der Waals surface area contributed by atoms with Gasteiger partial charge < -0.3 is 10.6 Å². The lowest BCUT2D eigenvalue weighted by Crippen LogP contribution is -2.56. The van der Waals surface area contributed by atoms with Crippen molar-refractivity contribution < 1.29 is 0 Å². The molecule has 0 spiro atoms. The van der Waals surface area contributed by atoms with Gasteiger partial charge in [0.05, 0.1) is 15.9 Å². The Balaban J connectivity index is 2.26. The summed E-state index contributed by atoms with van der Waals surface area (Å²) in [5.41, 5.74) is 9.24. The van der Waals surface area contributed by atoms with Crippen molar-refractivity contribution in [1.29, 1.82) is 0 Å². The van der Waals surface area contributed by atoms with Crippen molar-refractivity contribution in [2.45, 2.75) is 70.5 Å². The molecule has 0 amide bonds.